The zero-order valence-corrected chi connectivity index (χ0v) is 18.3. The number of ether oxygens (including phenoxy) is 3. The molecule has 1 aromatic heterocycles. The fraction of sp³-hybridized carbons (Fsp3) is 0.318. The number of benzene rings is 2. The molecule has 0 atom stereocenters. The quantitative estimate of drug-likeness (QED) is 0.541. The van der Waals surface area contributed by atoms with E-state index in [1.807, 2.05) is 13.8 Å². The van der Waals surface area contributed by atoms with E-state index in [-0.39, 0.29) is 15.2 Å². The minimum atomic E-state index is -4.03. The molecule has 1 heterocycles. The second-order valence-electron chi connectivity index (χ2n) is 6.65. The summed E-state index contributed by atoms with van der Waals surface area (Å²) in [6.45, 7) is 4.84. The van der Waals surface area contributed by atoms with Gasteiger partial charge < -0.3 is 18.8 Å². The number of hydrogen-bond acceptors (Lipinski definition) is 6. The Morgan fingerprint density at radius 1 is 0.967 bits per heavy atom. The van der Waals surface area contributed by atoms with E-state index in [4.69, 9.17) is 14.2 Å². The molecular formula is C22H25NO6S. The first-order valence-electron chi connectivity index (χ1n) is 9.64. The maximum absolute atomic E-state index is 13.3. The van der Waals surface area contributed by atoms with Gasteiger partial charge in [0.05, 0.1) is 36.6 Å². The lowest BCUT2D eigenvalue weighted by Gasteiger charge is -2.16. The van der Waals surface area contributed by atoms with Crippen LogP contribution in [0, 0.1) is 0 Å². The third kappa shape index (κ3) is 3.87. The molecule has 0 spiro atoms. The summed E-state index contributed by atoms with van der Waals surface area (Å²) in [5.74, 6) is 1.40. The van der Waals surface area contributed by atoms with Gasteiger partial charge in [-0.3, -0.25) is 4.79 Å². The lowest BCUT2D eigenvalue weighted by molar-refractivity contribution is 0.340. The van der Waals surface area contributed by atoms with E-state index in [0.717, 1.165) is 6.42 Å². The van der Waals surface area contributed by atoms with Crippen LogP contribution in [0.3, 0.4) is 0 Å². The number of rotatable bonds is 8. The van der Waals surface area contributed by atoms with E-state index in [0.29, 0.717) is 35.9 Å². The number of hydrogen-bond donors (Lipinski definition) is 0. The number of sulfone groups is 1. The Bertz CT molecular complexity index is 1210. The fourth-order valence-electron chi connectivity index (χ4n) is 3.32. The van der Waals surface area contributed by atoms with Gasteiger partial charge in [0.25, 0.3) is 0 Å². The predicted molar refractivity (Wildman–Crippen MR) is 115 cm³/mol. The van der Waals surface area contributed by atoms with E-state index >= 15 is 0 Å². The second-order valence-corrected chi connectivity index (χ2v) is 8.57. The standard InChI is InChI=1S/C22H25NO6S/c1-5-11-23-14-21(30(25,26)16-9-7-15(8-10-16)29-6-2)22(24)17-12-19(27-3)20(28-4)13-18(17)23/h7-10,12-14H,5-6,11H2,1-4H3. The monoisotopic (exact) mass is 431 g/mol. The van der Waals surface area contributed by atoms with Gasteiger partial charge in [0.15, 0.2) is 11.5 Å². The highest BCUT2D eigenvalue weighted by Crippen LogP contribution is 2.32. The molecule has 0 aliphatic carbocycles. The summed E-state index contributed by atoms with van der Waals surface area (Å²) in [7, 11) is -1.05. The van der Waals surface area contributed by atoms with Gasteiger partial charge in [-0.25, -0.2) is 8.42 Å². The zero-order chi connectivity index (χ0) is 21.9. The molecule has 8 heteroatoms. The molecule has 0 aliphatic rings. The Hall–Kier alpha value is -3.00. The van der Waals surface area contributed by atoms with Crippen molar-refractivity contribution in [3.63, 3.8) is 0 Å². The first kappa shape index (κ1) is 21.7. The Labute approximate surface area is 175 Å². The third-order valence-corrected chi connectivity index (χ3v) is 6.51. The van der Waals surface area contributed by atoms with E-state index in [1.165, 1.54) is 38.6 Å². The topological polar surface area (TPSA) is 83.8 Å². The first-order chi connectivity index (χ1) is 14.4. The Kier molecular flexibility index (Phi) is 6.36. The molecule has 0 unspecified atom stereocenters. The van der Waals surface area contributed by atoms with Gasteiger partial charge in [-0.1, -0.05) is 6.92 Å². The van der Waals surface area contributed by atoms with Crippen molar-refractivity contribution < 1.29 is 22.6 Å². The van der Waals surface area contributed by atoms with Crippen LogP contribution in [0.4, 0.5) is 0 Å². The lowest BCUT2D eigenvalue weighted by atomic mass is 10.1. The summed E-state index contributed by atoms with van der Waals surface area (Å²) in [4.78, 5) is 13.0. The smallest absolute Gasteiger partial charge is 0.211 e. The maximum Gasteiger partial charge on any atom is 0.211 e. The number of pyridine rings is 1. The zero-order valence-electron chi connectivity index (χ0n) is 17.5. The molecule has 7 nitrogen and oxygen atoms in total. The van der Waals surface area contributed by atoms with Crippen LogP contribution in [0.1, 0.15) is 20.3 Å². The molecule has 0 amide bonds. The Morgan fingerprint density at radius 2 is 1.60 bits per heavy atom. The molecule has 0 saturated heterocycles. The van der Waals surface area contributed by atoms with Crippen LogP contribution in [-0.2, 0) is 16.4 Å². The van der Waals surface area contributed by atoms with Gasteiger partial charge >= 0.3 is 0 Å². The van der Waals surface area contributed by atoms with E-state index < -0.39 is 15.3 Å². The van der Waals surface area contributed by atoms with Crippen LogP contribution in [0.25, 0.3) is 10.9 Å². The summed E-state index contributed by atoms with van der Waals surface area (Å²) in [5, 5.41) is 0.258. The summed E-state index contributed by atoms with van der Waals surface area (Å²) in [6, 6.07) is 9.27. The van der Waals surface area contributed by atoms with Gasteiger partial charge in [0.1, 0.15) is 10.6 Å². The molecule has 0 saturated carbocycles. The molecule has 3 rings (SSSR count). The highest BCUT2D eigenvalue weighted by molar-refractivity contribution is 7.91. The minimum absolute atomic E-state index is 0.0333. The normalized spacial score (nSPS) is 11.5. The Balaban J connectivity index is 2.27. The van der Waals surface area contributed by atoms with Crippen molar-refractivity contribution in [1.29, 1.82) is 0 Å². The number of nitrogens with zero attached hydrogens (tertiary/aromatic N) is 1. The summed E-state index contributed by atoms with van der Waals surface area (Å²) < 4.78 is 44.4. The summed E-state index contributed by atoms with van der Waals surface area (Å²) in [5.41, 5.74) is 0.0114. The van der Waals surface area contributed by atoms with E-state index in [1.54, 1.807) is 22.8 Å². The van der Waals surface area contributed by atoms with Crippen LogP contribution in [-0.4, -0.2) is 33.8 Å². The van der Waals surface area contributed by atoms with Gasteiger partial charge in [0.2, 0.25) is 15.3 Å². The molecule has 0 radical (unpaired) electrons. The number of aryl methyl sites for hydroxylation is 1. The van der Waals surface area contributed by atoms with Gasteiger partial charge in [-0.05, 0) is 43.7 Å². The molecule has 2 aromatic carbocycles. The van der Waals surface area contributed by atoms with Crippen molar-refractivity contribution in [2.45, 2.75) is 36.6 Å². The van der Waals surface area contributed by atoms with Crippen LogP contribution in [0.15, 0.2) is 57.2 Å². The predicted octanol–water partition coefficient (Wildman–Crippen LogP) is 3.66. The summed E-state index contributed by atoms with van der Waals surface area (Å²) in [6.07, 6.45) is 2.17. The van der Waals surface area contributed by atoms with Gasteiger partial charge in [-0.15, -0.1) is 0 Å². The number of aromatic nitrogens is 1. The lowest BCUT2D eigenvalue weighted by Crippen LogP contribution is -2.19. The van der Waals surface area contributed by atoms with Crippen molar-refractivity contribution in [2.24, 2.45) is 0 Å². The average molecular weight is 432 g/mol. The summed E-state index contributed by atoms with van der Waals surface area (Å²) >= 11 is 0. The van der Waals surface area contributed by atoms with Crippen molar-refractivity contribution in [3.05, 3.63) is 52.8 Å². The number of methoxy groups -OCH3 is 2. The second kappa shape index (κ2) is 8.79. The molecule has 3 aromatic rings. The van der Waals surface area contributed by atoms with Gasteiger partial charge in [-0.2, -0.15) is 0 Å². The van der Waals surface area contributed by atoms with Crippen LogP contribution < -0.4 is 19.6 Å². The van der Waals surface area contributed by atoms with Crippen molar-refractivity contribution in [3.8, 4) is 17.2 Å². The highest BCUT2D eigenvalue weighted by atomic mass is 32.2. The largest absolute Gasteiger partial charge is 0.494 e. The SMILES string of the molecule is CCCn1cc(S(=O)(=O)c2ccc(OCC)cc2)c(=O)c2cc(OC)c(OC)cc21. The molecule has 160 valence electrons. The highest BCUT2D eigenvalue weighted by Gasteiger charge is 2.25. The molecule has 0 bridgehead atoms. The van der Waals surface area contributed by atoms with Crippen molar-refractivity contribution in [1.82, 2.24) is 4.57 Å². The van der Waals surface area contributed by atoms with Crippen LogP contribution in [0.2, 0.25) is 0 Å². The van der Waals surface area contributed by atoms with Crippen LogP contribution in [0.5, 0.6) is 17.2 Å². The number of fused-ring (bicyclic) bond motifs is 1. The van der Waals surface area contributed by atoms with Crippen molar-refractivity contribution in [2.75, 3.05) is 20.8 Å². The van der Waals surface area contributed by atoms with Gasteiger partial charge in [0, 0.05) is 18.8 Å². The van der Waals surface area contributed by atoms with Crippen LogP contribution >= 0.6 is 0 Å². The molecular weight excluding hydrogens is 406 g/mol. The molecule has 0 N–H and O–H groups in total. The fourth-order valence-corrected chi connectivity index (χ4v) is 4.68. The molecule has 30 heavy (non-hydrogen) atoms. The molecule has 0 fully saturated rings. The maximum atomic E-state index is 13.3. The third-order valence-electron chi connectivity index (χ3n) is 4.75. The minimum Gasteiger partial charge on any atom is -0.494 e. The average Bonchev–Trinajstić information content (AvgIpc) is 2.75. The first-order valence-corrected chi connectivity index (χ1v) is 11.1. The van der Waals surface area contributed by atoms with E-state index in [2.05, 4.69) is 0 Å². The van der Waals surface area contributed by atoms with Crippen molar-refractivity contribution >= 4 is 20.7 Å². The van der Waals surface area contributed by atoms with E-state index in [9.17, 15) is 13.2 Å². The molecule has 0 aliphatic heterocycles. The Morgan fingerprint density at radius 3 is 2.17 bits per heavy atom.